The van der Waals surface area contributed by atoms with Crippen molar-refractivity contribution in [3.8, 4) is 11.4 Å². The summed E-state index contributed by atoms with van der Waals surface area (Å²) in [5.41, 5.74) is 1.63. The molecule has 0 fully saturated rings. The third-order valence-electron chi connectivity index (χ3n) is 3.42. The first-order valence-corrected chi connectivity index (χ1v) is 8.72. The van der Waals surface area contributed by atoms with Crippen LogP contribution in [0.4, 0.5) is 0 Å². The van der Waals surface area contributed by atoms with Crippen molar-refractivity contribution in [2.24, 2.45) is 0 Å². The average Bonchev–Trinajstić information content (AvgIpc) is 2.98. The number of carboxylic acids is 1. The zero-order valence-electron chi connectivity index (χ0n) is 13.0. The molecule has 0 radical (unpaired) electrons. The Bertz CT molecular complexity index is 896. The minimum absolute atomic E-state index is 0.123. The van der Waals surface area contributed by atoms with Crippen molar-refractivity contribution in [2.45, 2.75) is 11.6 Å². The van der Waals surface area contributed by atoms with Gasteiger partial charge in [0.1, 0.15) is 11.6 Å². The van der Waals surface area contributed by atoms with E-state index in [2.05, 4.69) is 10.2 Å². The van der Waals surface area contributed by atoms with Gasteiger partial charge in [0.2, 0.25) is 0 Å². The number of halogens is 1. The van der Waals surface area contributed by atoms with E-state index in [0.717, 1.165) is 17.3 Å². The van der Waals surface area contributed by atoms with Crippen molar-refractivity contribution in [3.05, 3.63) is 64.9 Å². The van der Waals surface area contributed by atoms with Gasteiger partial charge < -0.3 is 10.2 Å². The van der Waals surface area contributed by atoms with Crippen molar-refractivity contribution < 1.29 is 15.0 Å². The van der Waals surface area contributed by atoms with Crippen LogP contribution in [0.5, 0.6) is 5.75 Å². The highest BCUT2D eigenvalue weighted by molar-refractivity contribution is 7.99. The van der Waals surface area contributed by atoms with Gasteiger partial charge in [-0.15, -0.1) is 10.2 Å². The second kappa shape index (κ2) is 7.58. The van der Waals surface area contributed by atoms with Gasteiger partial charge in [0.05, 0.1) is 16.5 Å². The standard InChI is InChI=1S/C17H14ClN3O3S/c18-13-3-1-2-4-14(13)21-15(9-11-5-7-12(22)8-6-11)19-20-17(21)25-10-16(23)24/h1-8,22H,9-10H2,(H,23,24). The maximum atomic E-state index is 10.9. The van der Waals surface area contributed by atoms with Crippen LogP contribution in [0, 0.1) is 0 Å². The van der Waals surface area contributed by atoms with Crippen molar-refractivity contribution in [2.75, 3.05) is 5.75 Å². The monoisotopic (exact) mass is 375 g/mol. The van der Waals surface area contributed by atoms with Gasteiger partial charge in [-0.3, -0.25) is 9.36 Å². The van der Waals surface area contributed by atoms with Crippen molar-refractivity contribution >= 4 is 29.3 Å². The normalized spacial score (nSPS) is 10.8. The number of phenolic OH excluding ortho intramolecular Hbond substituents is 1. The van der Waals surface area contributed by atoms with Gasteiger partial charge in [-0.05, 0) is 29.8 Å². The Labute approximate surface area is 153 Å². The quantitative estimate of drug-likeness (QED) is 0.642. The Balaban J connectivity index is 2.01. The fourth-order valence-corrected chi connectivity index (χ4v) is 3.21. The number of carbonyl (C=O) groups is 1. The zero-order valence-corrected chi connectivity index (χ0v) is 14.5. The van der Waals surface area contributed by atoms with E-state index in [1.807, 2.05) is 18.2 Å². The summed E-state index contributed by atoms with van der Waals surface area (Å²) < 4.78 is 1.77. The van der Waals surface area contributed by atoms with Crippen molar-refractivity contribution in [1.82, 2.24) is 14.8 Å². The average molecular weight is 376 g/mol. The molecule has 0 aliphatic heterocycles. The van der Waals surface area contributed by atoms with Gasteiger partial charge in [-0.2, -0.15) is 0 Å². The molecule has 0 spiro atoms. The topological polar surface area (TPSA) is 88.2 Å². The number of hydrogen-bond acceptors (Lipinski definition) is 5. The maximum absolute atomic E-state index is 10.9. The number of aromatic hydroxyl groups is 1. The molecular formula is C17H14ClN3O3S. The summed E-state index contributed by atoms with van der Waals surface area (Å²) >= 11 is 7.39. The molecule has 0 atom stereocenters. The summed E-state index contributed by atoms with van der Waals surface area (Å²) in [6.45, 7) is 0. The minimum Gasteiger partial charge on any atom is -0.508 e. The predicted molar refractivity (Wildman–Crippen MR) is 95.6 cm³/mol. The third kappa shape index (κ3) is 4.12. The fourth-order valence-electron chi connectivity index (χ4n) is 2.31. The van der Waals surface area contributed by atoms with Crippen molar-refractivity contribution in [3.63, 3.8) is 0 Å². The lowest BCUT2D eigenvalue weighted by Crippen LogP contribution is -2.06. The van der Waals surface area contributed by atoms with Crippen LogP contribution < -0.4 is 0 Å². The first kappa shape index (κ1) is 17.3. The number of rotatable bonds is 6. The van der Waals surface area contributed by atoms with Gasteiger partial charge in [0.25, 0.3) is 0 Å². The molecule has 25 heavy (non-hydrogen) atoms. The molecular weight excluding hydrogens is 362 g/mol. The molecule has 0 bridgehead atoms. The molecule has 0 aliphatic carbocycles. The number of aliphatic carboxylic acids is 1. The van der Waals surface area contributed by atoms with Gasteiger partial charge in [0, 0.05) is 6.42 Å². The summed E-state index contributed by atoms with van der Waals surface area (Å²) in [5.74, 6) is -0.235. The highest BCUT2D eigenvalue weighted by atomic mass is 35.5. The van der Waals surface area contributed by atoms with E-state index in [0.29, 0.717) is 28.1 Å². The van der Waals surface area contributed by atoms with E-state index in [-0.39, 0.29) is 11.5 Å². The first-order chi connectivity index (χ1) is 12.0. The molecule has 0 amide bonds. The number of nitrogens with zero attached hydrogens (tertiary/aromatic N) is 3. The maximum Gasteiger partial charge on any atom is 0.313 e. The van der Waals surface area contributed by atoms with E-state index in [9.17, 15) is 9.90 Å². The molecule has 6 nitrogen and oxygen atoms in total. The summed E-state index contributed by atoms with van der Waals surface area (Å²) in [4.78, 5) is 10.9. The van der Waals surface area contributed by atoms with E-state index in [4.69, 9.17) is 16.7 Å². The largest absolute Gasteiger partial charge is 0.508 e. The second-order valence-electron chi connectivity index (χ2n) is 5.21. The van der Waals surface area contributed by atoms with Crippen LogP contribution in [0.25, 0.3) is 5.69 Å². The molecule has 0 saturated heterocycles. The number of para-hydroxylation sites is 1. The van der Waals surface area contributed by atoms with E-state index in [1.165, 1.54) is 0 Å². The highest BCUT2D eigenvalue weighted by Crippen LogP contribution is 2.28. The Hall–Kier alpha value is -2.51. The van der Waals surface area contributed by atoms with Crippen LogP contribution in [-0.2, 0) is 11.2 Å². The predicted octanol–water partition coefficient (Wildman–Crippen LogP) is 3.39. The summed E-state index contributed by atoms with van der Waals surface area (Å²) in [6.07, 6.45) is 0.464. The molecule has 0 aliphatic rings. The van der Waals surface area contributed by atoms with Crippen LogP contribution in [0.3, 0.4) is 0 Å². The molecule has 3 aromatic rings. The van der Waals surface area contributed by atoms with Gasteiger partial charge in [0.15, 0.2) is 5.16 Å². The highest BCUT2D eigenvalue weighted by Gasteiger charge is 2.17. The molecule has 0 unspecified atom stereocenters. The van der Waals surface area contributed by atoms with E-state index in [1.54, 1.807) is 34.9 Å². The van der Waals surface area contributed by atoms with Crippen LogP contribution in [-0.4, -0.2) is 36.7 Å². The van der Waals surface area contributed by atoms with E-state index < -0.39 is 5.97 Å². The molecule has 3 rings (SSSR count). The Kier molecular flexibility index (Phi) is 5.25. The number of carboxylic acid groups (broad SMARTS) is 1. The number of phenols is 1. The summed E-state index contributed by atoms with van der Waals surface area (Å²) in [5, 5.41) is 27.7. The summed E-state index contributed by atoms with van der Waals surface area (Å²) in [6, 6.07) is 14.0. The van der Waals surface area contributed by atoms with Crippen LogP contribution in [0.1, 0.15) is 11.4 Å². The van der Waals surface area contributed by atoms with Gasteiger partial charge >= 0.3 is 5.97 Å². The van der Waals surface area contributed by atoms with Gasteiger partial charge in [-0.25, -0.2) is 0 Å². The molecule has 2 aromatic carbocycles. The van der Waals surface area contributed by atoms with Crippen LogP contribution >= 0.6 is 23.4 Å². The third-order valence-corrected chi connectivity index (χ3v) is 4.65. The number of benzene rings is 2. The molecule has 1 heterocycles. The number of hydrogen-bond donors (Lipinski definition) is 2. The molecule has 0 saturated carbocycles. The Morgan fingerprint density at radius 1 is 1.12 bits per heavy atom. The smallest absolute Gasteiger partial charge is 0.313 e. The summed E-state index contributed by atoms with van der Waals surface area (Å²) in [7, 11) is 0. The fraction of sp³-hybridized carbons (Fsp3) is 0.118. The molecule has 8 heteroatoms. The molecule has 1 aromatic heterocycles. The van der Waals surface area contributed by atoms with E-state index >= 15 is 0 Å². The Morgan fingerprint density at radius 2 is 1.84 bits per heavy atom. The lowest BCUT2D eigenvalue weighted by molar-refractivity contribution is -0.133. The zero-order chi connectivity index (χ0) is 17.8. The Morgan fingerprint density at radius 3 is 2.52 bits per heavy atom. The number of thioether (sulfide) groups is 1. The lowest BCUT2D eigenvalue weighted by atomic mass is 10.1. The lowest BCUT2D eigenvalue weighted by Gasteiger charge is -2.11. The van der Waals surface area contributed by atoms with Crippen LogP contribution in [0.15, 0.2) is 53.7 Å². The SMILES string of the molecule is O=C(O)CSc1nnc(Cc2ccc(O)cc2)n1-c1ccccc1Cl. The van der Waals surface area contributed by atoms with Crippen LogP contribution in [0.2, 0.25) is 5.02 Å². The molecule has 128 valence electrons. The second-order valence-corrected chi connectivity index (χ2v) is 6.56. The van der Waals surface area contributed by atoms with Crippen molar-refractivity contribution in [1.29, 1.82) is 0 Å². The minimum atomic E-state index is -0.932. The van der Waals surface area contributed by atoms with Gasteiger partial charge in [-0.1, -0.05) is 47.6 Å². The first-order valence-electron chi connectivity index (χ1n) is 7.36. The number of aromatic nitrogens is 3. The molecule has 2 N–H and O–H groups in total.